The number of hydrogen-bond acceptors (Lipinski definition) is 4. The van der Waals surface area contributed by atoms with Gasteiger partial charge >= 0.3 is 0 Å². The second-order valence-corrected chi connectivity index (χ2v) is 6.99. The van der Waals surface area contributed by atoms with Crippen LogP contribution in [0.4, 0.5) is 0 Å². The maximum atomic E-state index is 12.9. The smallest absolute Gasteiger partial charge is 0.223 e. The molecule has 0 saturated carbocycles. The van der Waals surface area contributed by atoms with Gasteiger partial charge in [0.2, 0.25) is 11.8 Å². The number of fused-ring (bicyclic) bond motifs is 1. The van der Waals surface area contributed by atoms with Crippen LogP contribution in [0.25, 0.3) is 6.08 Å². The van der Waals surface area contributed by atoms with E-state index < -0.39 is 0 Å². The lowest BCUT2D eigenvalue weighted by Crippen LogP contribution is -2.36. The van der Waals surface area contributed by atoms with E-state index in [9.17, 15) is 9.59 Å². The number of methoxy groups -OCH3 is 2. The molecule has 0 radical (unpaired) electrons. The summed E-state index contributed by atoms with van der Waals surface area (Å²) in [4.78, 5) is 26.6. The third-order valence-corrected chi connectivity index (χ3v) is 5.13. The molecule has 1 aliphatic heterocycles. The van der Waals surface area contributed by atoms with Crippen molar-refractivity contribution >= 4 is 17.9 Å². The Morgan fingerprint density at radius 1 is 1.14 bits per heavy atom. The molecule has 0 saturated heterocycles. The van der Waals surface area contributed by atoms with E-state index in [0.29, 0.717) is 11.5 Å². The van der Waals surface area contributed by atoms with Gasteiger partial charge in [0.05, 0.1) is 32.7 Å². The van der Waals surface area contributed by atoms with Gasteiger partial charge in [0, 0.05) is 18.7 Å². The molecule has 2 atom stereocenters. The quantitative estimate of drug-likeness (QED) is 0.808. The van der Waals surface area contributed by atoms with E-state index >= 15 is 0 Å². The van der Waals surface area contributed by atoms with E-state index in [1.165, 1.54) is 6.92 Å². The van der Waals surface area contributed by atoms with Crippen LogP contribution in [0, 0.1) is 0 Å². The lowest BCUT2D eigenvalue weighted by Gasteiger charge is -2.32. The molecule has 2 aromatic carbocycles. The molecule has 2 aromatic rings. The minimum Gasteiger partial charge on any atom is -0.497 e. The van der Waals surface area contributed by atoms with Gasteiger partial charge in [0.25, 0.3) is 0 Å². The first-order chi connectivity index (χ1) is 13.9. The molecule has 0 fully saturated rings. The molecule has 152 valence electrons. The first-order valence-corrected chi connectivity index (χ1v) is 9.52. The van der Waals surface area contributed by atoms with Gasteiger partial charge in [-0.15, -0.1) is 0 Å². The van der Waals surface area contributed by atoms with Gasteiger partial charge in [-0.3, -0.25) is 9.59 Å². The van der Waals surface area contributed by atoms with Crippen molar-refractivity contribution in [1.82, 2.24) is 10.2 Å². The number of ether oxygens (including phenoxy) is 2. The van der Waals surface area contributed by atoms with Gasteiger partial charge in [-0.05, 0) is 42.3 Å². The Bertz CT molecular complexity index is 938. The first kappa shape index (κ1) is 20.5. The van der Waals surface area contributed by atoms with E-state index in [4.69, 9.17) is 9.47 Å². The summed E-state index contributed by atoms with van der Waals surface area (Å²) in [6.45, 7) is 3.40. The number of nitrogens with one attached hydrogen (secondary N) is 1. The van der Waals surface area contributed by atoms with Crippen LogP contribution in [-0.2, 0) is 9.59 Å². The molecular weight excluding hydrogens is 368 g/mol. The second kappa shape index (κ2) is 8.82. The third kappa shape index (κ3) is 4.42. The number of hydrogen-bond donors (Lipinski definition) is 1. The Balaban J connectivity index is 1.79. The predicted molar refractivity (Wildman–Crippen MR) is 111 cm³/mol. The van der Waals surface area contributed by atoms with Crippen molar-refractivity contribution < 1.29 is 19.1 Å². The summed E-state index contributed by atoms with van der Waals surface area (Å²) in [6.07, 6.45) is 3.81. The maximum Gasteiger partial charge on any atom is 0.223 e. The highest BCUT2D eigenvalue weighted by molar-refractivity contribution is 5.82. The molecule has 6 heteroatoms. The number of carbonyl (C=O) groups is 2. The molecule has 0 aliphatic carbocycles. The predicted octanol–water partition coefficient (Wildman–Crippen LogP) is 3.85. The topological polar surface area (TPSA) is 67.9 Å². The van der Waals surface area contributed by atoms with Crippen molar-refractivity contribution in [3.8, 4) is 11.5 Å². The summed E-state index contributed by atoms with van der Waals surface area (Å²) in [5, 5.41) is 3.02. The van der Waals surface area contributed by atoms with Crippen LogP contribution in [0.15, 0.2) is 48.7 Å². The number of carbonyl (C=O) groups excluding carboxylic acids is 2. The van der Waals surface area contributed by atoms with Crippen LogP contribution < -0.4 is 14.8 Å². The highest BCUT2D eigenvalue weighted by Crippen LogP contribution is 2.34. The van der Waals surface area contributed by atoms with Crippen LogP contribution in [0.5, 0.6) is 11.5 Å². The summed E-state index contributed by atoms with van der Waals surface area (Å²) in [6, 6.07) is 12.7. The largest absolute Gasteiger partial charge is 0.497 e. The lowest BCUT2D eigenvalue weighted by molar-refractivity contribution is -0.130. The Morgan fingerprint density at radius 3 is 2.59 bits per heavy atom. The number of rotatable bonds is 6. The van der Waals surface area contributed by atoms with Gasteiger partial charge < -0.3 is 19.7 Å². The monoisotopic (exact) mass is 394 g/mol. The average Bonchev–Trinajstić information content (AvgIpc) is 2.73. The molecule has 2 amide bonds. The first-order valence-electron chi connectivity index (χ1n) is 9.52. The number of nitrogens with zero attached hydrogens (tertiary/aromatic N) is 1. The highest BCUT2D eigenvalue weighted by atomic mass is 16.5. The van der Waals surface area contributed by atoms with Crippen molar-refractivity contribution in [3.63, 3.8) is 0 Å². The Labute approximate surface area is 171 Å². The standard InChI is InChI=1S/C23H26N2O4/c1-15(20-13-18(28-3)9-10-22(20)29-4)24-23(27)14-21-19-8-6-5-7-17(19)11-12-25(21)16(2)26/h5-13,15,21H,14H2,1-4H3,(H,24,27)/t15-,21+/m0/s1. The van der Waals surface area contributed by atoms with Gasteiger partial charge in [-0.2, -0.15) is 0 Å². The van der Waals surface area contributed by atoms with Crippen molar-refractivity contribution in [3.05, 3.63) is 65.4 Å². The van der Waals surface area contributed by atoms with Crippen LogP contribution in [-0.4, -0.2) is 30.9 Å². The van der Waals surface area contributed by atoms with Crippen LogP contribution in [0.2, 0.25) is 0 Å². The van der Waals surface area contributed by atoms with E-state index in [2.05, 4.69) is 5.32 Å². The van der Waals surface area contributed by atoms with Crippen molar-refractivity contribution in [1.29, 1.82) is 0 Å². The Hall–Kier alpha value is -3.28. The van der Waals surface area contributed by atoms with E-state index in [0.717, 1.165) is 16.7 Å². The zero-order valence-corrected chi connectivity index (χ0v) is 17.1. The minimum atomic E-state index is -0.340. The molecule has 1 heterocycles. The van der Waals surface area contributed by atoms with Crippen molar-refractivity contribution in [2.75, 3.05) is 14.2 Å². The second-order valence-electron chi connectivity index (χ2n) is 6.99. The van der Waals surface area contributed by atoms with Crippen molar-refractivity contribution in [2.45, 2.75) is 32.4 Å². The zero-order valence-electron chi connectivity index (χ0n) is 17.1. The van der Waals surface area contributed by atoms with E-state index in [-0.39, 0.29) is 30.3 Å². The van der Waals surface area contributed by atoms with Gasteiger partial charge in [0.1, 0.15) is 11.5 Å². The average molecular weight is 394 g/mol. The fraction of sp³-hybridized carbons (Fsp3) is 0.304. The molecule has 1 aliphatic rings. The van der Waals surface area contributed by atoms with E-state index in [1.807, 2.05) is 55.5 Å². The van der Waals surface area contributed by atoms with Crippen molar-refractivity contribution in [2.24, 2.45) is 0 Å². The normalized spacial score (nSPS) is 16.0. The Morgan fingerprint density at radius 2 is 1.90 bits per heavy atom. The zero-order chi connectivity index (χ0) is 21.0. The fourth-order valence-corrected chi connectivity index (χ4v) is 3.64. The summed E-state index contributed by atoms with van der Waals surface area (Å²) < 4.78 is 10.7. The van der Waals surface area contributed by atoms with E-state index in [1.54, 1.807) is 25.3 Å². The van der Waals surface area contributed by atoms with Crippen LogP contribution in [0.3, 0.4) is 0 Å². The molecule has 6 nitrogen and oxygen atoms in total. The third-order valence-electron chi connectivity index (χ3n) is 5.13. The highest BCUT2D eigenvalue weighted by Gasteiger charge is 2.28. The number of benzene rings is 2. The summed E-state index contributed by atoms with van der Waals surface area (Å²) in [5.74, 6) is 1.12. The molecular formula is C23H26N2O4. The van der Waals surface area contributed by atoms with Gasteiger partial charge in [-0.25, -0.2) is 0 Å². The molecule has 0 aromatic heterocycles. The maximum absolute atomic E-state index is 12.9. The van der Waals surface area contributed by atoms with Gasteiger partial charge in [-0.1, -0.05) is 24.3 Å². The molecule has 0 unspecified atom stereocenters. The molecule has 0 spiro atoms. The van der Waals surface area contributed by atoms with Gasteiger partial charge in [0.15, 0.2) is 0 Å². The Kier molecular flexibility index (Phi) is 6.22. The lowest BCUT2D eigenvalue weighted by atomic mass is 9.93. The number of amides is 2. The molecule has 3 rings (SSSR count). The summed E-state index contributed by atoms with van der Waals surface area (Å²) >= 11 is 0. The summed E-state index contributed by atoms with van der Waals surface area (Å²) in [7, 11) is 3.19. The molecule has 0 bridgehead atoms. The minimum absolute atomic E-state index is 0.101. The SMILES string of the molecule is COc1ccc(OC)c([C@H](C)NC(=O)C[C@@H]2c3ccccc3C=CN2C(C)=O)c1. The molecule has 1 N–H and O–H groups in total. The van der Waals surface area contributed by atoms with Crippen LogP contribution >= 0.6 is 0 Å². The fourth-order valence-electron chi connectivity index (χ4n) is 3.64. The van der Waals surface area contributed by atoms with Crippen LogP contribution in [0.1, 0.15) is 49.0 Å². The summed E-state index contributed by atoms with van der Waals surface area (Å²) in [5.41, 5.74) is 2.81. The molecule has 29 heavy (non-hydrogen) atoms.